The SMILES string of the molecule is C=CCOC(=O)[C@@H]1[C@@H]2CC(C)C3(S2)C(C(=O)N(CC=C)c2c(C)cccc2Cl)N(CCCO)C(=O)[C@H]13. The van der Waals surface area contributed by atoms with E-state index < -0.39 is 28.6 Å². The average molecular weight is 533 g/mol. The molecule has 1 N–H and O–H groups in total. The smallest absolute Gasteiger partial charge is 0.311 e. The molecule has 9 heteroatoms. The number of carbonyl (C=O) groups excluding carboxylic acids is 3. The molecule has 2 bridgehead atoms. The van der Waals surface area contributed by atoms with Crippen molar-refractivity contribution in [1.82, 2.24) is 4.90 Å². The molecule has 7 nitrogen and oxygen atoms in total. The molecule has 1 aromatic rings. The summed E-state index contributed by atoms with van der Waals surface area (Å²) in [6.07, 6.45) is 4.19. The second-order valence-corrected chi connectivity index (χ2v) is 11.7. The van der Waals surface area contributed by atoms with E-state index >= 15 is 0 Å². The molecule has 3 aliphatic heterocycles. The van der Waals surface area contributed by atoms with Crippen molar-refractivity contribution >= 4 is 46.8 Å². The molecule has 3 heterocycles. The summed E-state index contributed by atoms with van der Waals surface area (Å²) in [6.45, 7) is 11.8. The van der Waals surface area contributed by atoms with Gasteiger partial charge in [0, 0.05) is 24.9 Å². The number of aryl methyl sites for hydroxylation is 1. The molecule has 3 saturated heterocycles. The summed E-state index contributed by atoms with van der Waals surface area (Å²) in [5.41, 5.74) is 1.42. The van der Waals surface area contributed by atoms with Gasteiger partial charge in [-0.2, -0.15) is 0 Å². The minimum Gasteiger partial charge on any atom is -0.461 e. The maximum atomic E-state index is 14.5. The molecule has 0 saturated carbocycles. The molecule has 1 aromatic carbocycles. The highest BCUT2D eigenvalue weighted by Crippen LogP contribution is 2.68. The number of rotatable bonds is 10. The second-order valence-electron chi connectivity index (χ2n) is 9.72. The van der Waals surface area contributed by atoms with Gasteiger partial charge >= 0.3 is 5.97 Å². The van der Waals surface area contributed by atoms with Gasteiger partial charge in [-0.25, -0.2) is 0 Å². The van der Waals surface area contributed by atoms with Crippen LogP contribution < -0.4 is 4.90 Å². The van der Waals surface area contributed by atoms with Crippen LogP contribution in [0.25, 0.3) is 0 Å². The molecule has 6 atom stereocenters. The first-order valence-electron chi connectivity index (χ1n) is 12.3. The van der Waals surface area contributed by atoms with Crippen LogP contribution in [0.5, 0.6) is 0 Å². The van der Waals surface area contributed by atoms with Crippen LogP contribution in [-0.4, -0.2) is 70.1 Å². The van der Waals surface area contributed by atoms with E-state index in [1.54, 1.807) is 33.7 Å². The summed E-state index contributed by atoms with van der Waals surface area (Å²) in [7, 11) is 0. The number of thioether (sulfide) groups is 1. The van der Waals surface area contributed by atoms with Crippen LogP contribution in [-0.2, 0) is 19.1 Å². The Hall–Kier alpha value is -2.29. The average Bonchev–Trinajstić information content (AvgIpc) is 3.43. The van der Waals surface area contributed by atoms with Gasteiger partial charge in [0.1, 0.15) is 12.6 Å². The Morgan fingerprint density at radius 1 is 1.36 bits per heavy atom. The zero-order chi connectivity index (χ0) is 26.2. The lowest BCUT2D eigenvalue weighted by Gasteiger charge is -2.40. The first-order chi connectivity index (χ1) is 17.2. The van der Waals surface area contributed by atoms with Gasteiger partial charge in [-0.1, -0.05) is 49.4 Å². The van der Waals surface area contributed by atoms with Gasteiger partial charge in [0.25, 0.3) is 5.91 Å². The number of esters is 1. The summed E-state index contributed by atoms with van der Waals surface area (Å²) in [5, 5.41) is 9.89. The van der Waals surface area contributed by atoms with Gasteiger partial charge in [-0.05, 0) is 37.3 Å². The Morgan fingerprint density at radius 2 is 2.11 bits per heavy atom. The topological polar surface area (TPSA) is 87.2 Å². The number of halogens is 1. The van der Waals surface area contributed by atoms with Crippen LogP contribution in [0.3, 0.4) is 0 Å². The predicted molar refractivity (Wildman–Crippen MR) is 142 cm³/mol. The number of likely N-dealkylation sites (tertiary alicyclic amines) is 1. The third kappa shape index (κ3) is 4.07. The zero-order valence-electron chi connectivity index (χ0n) is 20.7. The molecule has 0 aliphatic carbocycles. The first-order valence-corrected chi connectivity index (χ1v) is 13.5. The number of fused-ring (bicyclic) bond motifs is 1. The Kier molecular flexibility index (Phi) is 7.88. The van der Waals surface area contributed by atoms with E-state index in [0.717, 1.165) is 5.56 Å². The molecule has 0 aromatic heterocycles. The quantitative estimate of drug-likeness (QED) is 0.366. The summed E-state index contributed by atoms with van der Waals surface area (Å²) >= 11 is 8.16. The summed E-state index contributed by atoms with van der Waals surface area (Å²) < 4.78 is 4.63. The fourth-order valence-corrected chi connectivity index (χ4v) is 9.05. The van der Waals surface area contributed by atoms with Crippen LogP contribution in [0.1, 0.15) is 25.3 Å². The van der Waals surface area contributed by atoms with Gasteiger partial charge in [0.2, 0.25) is 5.91 Å². The Balaban J connectivity index is 1.82. The van der Waals surface area contributed by atoms with Crippen LogP contribution in [0.15, 0.2) is 43.5 Å². The number of para-hydroxylation sites is 1. The van der Waals surface area contributed by atoms with Crippen LogP contribution >= 0.6 is 23.4 Å². The second kappa shape index (κ2) is 10.6. The van der Waals surface area contributed by atoms with E-state index in [-0.39, 0.29) is 49.3 Å². The number of aliphatic hydroxyl groups excluding tert-OH is 1. The fourth-order valence-electron chi connectivity index (χ4n) is 6.32. The summed E-state index contributed by atoms with van der Waals surface area (Å²) in [4.78, 5) is 44.8. The maximum Gasteiger partial charge on any atom is 0.311 e. The molecule has 36 heavy (non-hydrogen) atoms. The highest BCUT2D eigenvalue weighted by atomic mass is 35.5. The van der Waals surface area contributed by atoms with Gasteiger partial charge in [0.05, 0.1) is 27.3 Å². The molecule has 4 rings (SSSR count). The van der Waals surface area contributed by atoms with Crippen LogP contribution in [0.4, 0.5) is 5.69 Å². The third-order valence-corrected chi connectivity index (χ3v) is 10.1. The van der Waals surface area contributed by atoms with E-state index in [9.17, 15) is 19.5 Å². The first kappa shape index (κ1) is 26.8. The minimum absolute atomic E-state index is 0.0240. The lowest BCUT2D eigenvalue weighted by atomic mass is 9.66. The lowest BCUT2D eigenvalue weighted by molar-refractivity contribution is -0.153. The molecule has 3 aliphatic rings. The molecule has 0 radical (unpaired) electrons. The number of anilines is 1. The Morgan fingerprint density at radius 3 is 2.75 bits per heavy atom. The van der Waals surface area contributed by atoms with E-state index in [2.05, 4.69) is 20.1 Å². The Labute approximate surface area is 221 Å². The van der Waals surface area contributed by atoms with Crippen molar-refractivity contribution in [2.24, 2.45) is 17.8 Å². The molecule has 194 valence electrons. The van der Waals surface area contributed by atoms with Gasteiger partial charge < -0.3 is 19.6 Å². The van der Waals surface area contributed by atoms with Crippen molar-refractivity contribution < 1.29 is 24.2 Å². The standard InChI is InChI=1S/C27H33ClN2O5S/c1-5-11-29(22-16(3)9-7-10-18(22)28)25(33)23-27-17(4)15-19(36-27)20(26(34)35-14-6-2)21(27)24(32)30(23)12-8-13-31/h5-7,9-10,17,19-21,23,31H,1-2,8,11-15H2,3-4H3/t17?,19-,20+,21-,23?,27?/m0/s1. The summed E-state index contributed by atoms with van der Waals surface area (Å²) in [6, 6.07) is 4.65. The minimum atomic E-state index is -0.806. The molecular weight excluding hydrogens is 500 g/mol. The third-order valence-electron chi connectivity index (χ3n) is 7.69. The maximum absolute atomic E-state index is 14.5. The van der Waals surface area contributed by atoms with Crippen LogP contribution in [0, 0.1) is 24.7 Å². The number of carbonyl (C=O) groups is 3. The molecule has 3 fully saturated rings. The zero-order valence-corrected chi connectivity index (χ0v) is 22.3. The van der Waals surface area contributed by atoms with Crippen molar-refractivity contribution in [3.63, 3.8) is 0 Å². The number of amides is 2. The van der Waals surface area contributed by atoms with E-state index in [0.29, 0.717) is 23.6 Å². The van der Waals surface area contributed by atoms with E-state index in [1.807, 2.05) is 19.1 Å². The molecule has 2 amide bonds. The predicted octanol–water partition coefficient (Wildman–Crippen LogP) is 3.62. The van der Waals surface area contributed by atoms with Crippen LogP contribution in [0.2, 0.25) is 5.02 Å². The number of benzene rings is 1. The summed E-state index contributed by atoms with van der Waals surface area (Å²) in [5.74, 6) is -2.16. The lowest BCUT2D eigenvalue weighted by Crippen LogP contribution is -2.57. The largest absolute Gasteiger partial charge is 0.461 e. The number of ether oxygens (including phenoxy) is 1. The highest BCUT2D eigenvalue weighted by Gasteiger charge is 2.76. The molecule has 1 spiro atoms. The van der Waals surface area contributed by atoms with Crippen molar-refractivity contribution in [1.29, 1.82) is 0 Å². The Bertz CT molecular complexity index is 1060. The molecule has 3 unspecified atom stereocenters. The van der Waals surface area contributed by atoms with E-state index in [1.165, 1.54) is 6.08 Å². The van der Waals surface area contributed by atoms with Crippen molar-refractivity contribution in [3.05, 3.63) is 54.1 Å². The van der Waals surface area contributed by atoms with Crippen molar-refractivity contribution in [2.45, 2.75) is 42.7 Å². The monoisotopic (exact) mass is 532 g/mol. The number of hydrogen-bond acceptors (Lipinski definition) is 6. The molecular formula is C27H33ClN2O5S. The normalized spacial score (nSPS) is 30.3. The highest BCUT2D eigenvalue weighted by molar-refractivity contribution is 8.02. The fraction of sp³-hybridized carbons (Fsp3) is 0.519. The number of aliphatic hydroxyl groups is 1. The van der Waals surface area contributed by atoms with Crippen molar-refractivity contribution in [3.8, 4) is 0 Å². The number of nitrogens with zero attached hydrogens (tertiary/aromatic N) is 2. The van der Waals surface area contributed by atoms with Gasteiger partial charge in [-0.3, -0.25) is 14.4 Å². The number of hydrogen-bond donors (Lipinski definition) is 1. The van der Waals surface area contributed by atoms with Gasteiger partial charge in [0.15, 0.2) is 0 Å². The van der Waals surface area contributed by atoms with E-state index in [4.69, 9.17) is 16.3 Å². The van der Waals surface area contributed by atoms with Crippen molar-refractivity contribution in [2.75, 3.05) is 31.2 Å². The van der Waals surface area contributed by atoms with Gasteiger partial charge in [-0.15, -0.1) is 18.3 Å².